The quantitative estimate of drug-likeness (QED) is 0.847. The van der Waals surface area contributed by atoms with Gasteiger partial charge in [-0.25, -0.2) is 4.79 Å². The second-order valence-electron chi connectivity index (χ2n) is 8.16. The van der Waals surface area contributed by atoms with Crippen molar-refractivity contribution in [2.75, 3.05) is 19.6 Å². The average molecular weight is 380 g/mol. The van der Waals surface area contributed by atoms with Gasteiger partial charge in [-0.05, 0) is 37.4 Å². The molecule has 2 bridgehead atoms. The second-order valence-corrected chi connectivity index (χ2v) is 8.16. The molecule has 4 aliphatic rings. The summed E-state index contributed by atoms with van der Waals surface area (Å²) in [6.07, 6.45) is 3.66. The third-order valence-corrected chi connectivity index (χ3v) is 6.74. The number of amides is 1. The molecule has 0 radical (unpaired) electrons. The third kappa shape index (κ3) is 2.81. The minimum absolute atomic E-state index is 0.0347. The first kappa shape index (κ1) is 17.4. The van der Waals surface area contributed by atoms with Crippen molar-refractivity contribution in [2.24, 2.45) is 5.92 Å². The van der Waals surface area contributed by atoms with Crippen molar-refractivity contribution >= 4 is 5.91 Å². The molecule has 146 valence electrons. The lowest BCUT2D eigenvalue weighted by molar-refractivity contribution is -0.136. The van der Waals surface area contributed by atoms with E-state index < -0.39 is 11.2 Å². The molecule has 3 atom stereocenters. The van der Waals surface area contributed by atoms with Crippen LogP contribution in [0.1, 0.15) is 24.3 Å². The summed E-state index contributed by atoms with van der Waals surface area (Å²) in [4.78, 5) is 43.3. The number of carbonyl (C=O) groups excluding carboxylic acids is 1. The van der Waals surface area contributed by atoms with Gasteiger partial charge in [-0.1, -0.05) is 30.3 Å². The van der Waals surface area contributed by atoms with Crippen molar-refractivity contribution < 1.29 is 4.79 Å². The van der Waals surface area contributed by atoms with E-state index >= 15 is 0 Å². The normalized spacial score (nSPS) is 31.0. The molecule has 5 heterocycles. The molecule has 1 amide bonds. The van der Waals surface area contributed by atoms with Crippen molar-refractivity contribution in [3.05, 3.63) is 69.0 Å². The summed E-state index contributed by atoms with van der Waals surface area (Å²) >= 11 is 0. The lowest BCUT2D eigenvalue weighted by Gasteiger charge is -2.51. The molecule has 1 aromatic carbocycles. The first-order valence-electron chi connectivity index (χ1n) is 10.00. The molecule has 4 fully saturated rings. The van der Waals surface area contributed by atoms with Gasteiger partial charge in [-0.15, -0.1) is 0 Å². The number of rotatable bonds is 3. The lowest BCUT2D eigenvalue weighted by atomic mass is 9.75. The van der Waals surface area contributed by atoms with Gasteiger partial charge < -0.3 is 4.90 Å². The Morgan fingerprint density at radius 1 is 1.04 bits per heavy atom. The predicted molar refractivity (Wildman–Crippen MR) is 104 cm³/mol. The van der Waals surface area contributed by atoms with Gasteiger partial charge in [0.2, 0.25) is 5.91 Å². The number of nitrogens with zero attached hydrogens (tertiary/aromatic N) is 3. The van der Waals surface area contributed by atoms with Crippen LogP contribution in [0.15, 0.2) is 52.2 Å². The highest BCUT2D eigenvalue weighted by Gasteiger charge is 2.54. The van der Waals surface area contributed by atoms with E-state index in [9.17, 15) is 14.4 Å². The van der Waals surface area contributed by atoms with Gasteiger partial charge in [-0.2, -0.15) is 0 Å². The molecule has 1 aromatic heterocycles. The Bertz CT molecular complexity index is 990. The van der Waals surface area contributed by atoms with Gasteiger partial charge in [0.15, 0.2) is 0 Å². The maximum absolute atomic E-state index is 13.2. The van der Waals surface area contributed by atoms with Crippen LogP contribution in [0, 0.1) is 5.92 Å². The number of likely N-dealkylation sites (tertiary alicyclic amines) is 1. The van der Waals surface area contributed by atoms with E-state index in [0.29, 0.717) is 24.4 Å². The highest BCUT2D eigenvalue weighted by atomic mass is 16.2. The molecular weight excluding hydrogens is 356 g/mol. The summed E-state index contributed by atoms with van der Waals surface area (Å²) < 4.78 is 1.29. The van der Waals surface area contributed by atoms with Gasteiger partial charge in [0, 0.05) is 30.8 Å². The van der Waals surface area contributed by atoms with Crippen molar-refractivity contribution in [3.8, 4) is 0 Å². The summed E-state index contributed by atoms with van der Waals surface area (Å²) in [6, 6.07) is 12.3. The molecular formula is C21H24N4O3. The Kier molecular flexibility index (Phi) is 4.19. The fraction of sp³-hybridized carbons (Fsp3) is 0.476. The Balaban J connectivity index is 1.46. The van der Waals surface area contributed by atoms with Crippen molar-refractivity contribution in [3.63, 3.8) is 0 Å². The molecule has 28 heavy (non-hydrogen) atoms. The van der Waals surface area contributed by atoms with E-state index in [0.717, 1.165) is 25.9 Å². The van der Waals surface area contributed by atoms with Crippen LogP contribution in [0.3, 0.4) is 0 Å². The minimum atomic E-state index is -0.537. The fourth-order valence-electron chi connectivity index (χ4n) is 5.50. The number of fused-ring (bicyclic) bond motifs is 2. The van der Waals surface area contributed by atoms with Crippen molar-refractivity contribution in [1.82, 2.24) is 19.4 Å². The number of piperidine rings is 3. The highest BCUT2D eigenvalue weighted by Crippen LogP contribution is 2.46. The standard InChI is InChI=1S/C21H24N4O3/c26-17-8-11-24(21(28)22-17)13-18(27)25-12-16(14-4-2-1-3-5-14)20-19(25)15-6-9-23(20)10-7-15/h1-5,8,11,15-16,19-20H,6-7,9-10,12-13H2,(H,22,26,28)/t16-,19+,20+/m1/s1. The predicted octanol–water partition coefficient (Wildman–Crippen LogP) is 0.625. The van der Waals surface area contributed by atoms with Crippen LogP contribution in [0.2, 0.25) is 0 Å². The molecule has 4 saturated heterocycles. The zero-order valence-corrected chi connectivity index (χ0v) is 15.7. The summed E-state index contributed by atoms with van der Waals surface area (Å²) in [7, 11) is 0. The van der Waals surface area contributed by atoms with Crippen LogP contribution >= 0.6 is 0 Å². The Hall–Kier alpha value is -2.67. The van der Waals surface area contributed by atoms with Crippen LogP contribution in [0.25, 0.3) is 0 Å². The zero-order valence-electron chi connectivity index (χ0n) is 15.7. The molecule has 1 N–H and O–H groups in total. The van der Waals surface area contributed by atoms with E-state index in [1.807, 2.05) is 11.0 Å². The van der Waals surface area contributed by atoms with E-state index in [4.69, 9.17) is 0 Å². The topological polar surface area (TPSA) is 78.4 Å². The molecule has 0 unspecified atom stereocenters. The zero-order chi connectivity index (χ0) is 19.3. The fourth-order valence-corrected chi connectivity index (χ4v) is 5.50. The smallest absolute Gasteiger partial charge is 0.328 e. The number of aromatic amines is 1. The number of hydrogen-bond acceptors (Lipinski definition) is 4. The second kappa shape index (κ2) is 6.74. The number of carbonyl (C=O) groups is 1. The Morgan fingerprint density at radius 2 is 1.79 bits per heavy atom. The first-order chi connectivity index (χ1) is 13.6. The first-order valence-corrected chi connectivity index (χ1v) is 10.00. The minimum Gasteiger partial charge on any atom is -0.336 e. The molecule has 7 heteroatoms. The Labute approximate surface area is 162 Å². The molecule has 7 nitrogen and oxygen atoms in total. The number of hydrogen-bond donors (Lipinski definition) is 1. The molecule has 0 aliphatic carbocycles. The number of H-pyrrole nitrogens is 1. The highest BCUT2D eigenvalue weighted by molar-refractivity contribution is 5.77. The largest absolute Gasteiger partial charge is 0.336 e. The van der Waals surface area contributed by atoms with Gasteiger partial charge >= 0.3 is 5.69 Å². The SMILES string of the molecule is O=C(Cn1ccc(=O)[nH]c1=O)N1C[C@H](c2ccccc2)[C@H]2[C@@H]1C1CCN2CC1. The number of benzene rings is 1. The molecule has 0 spiro atoms. The van der Waals surface area contributed by atoms with E-state index in [2.05, 4.69) is 34.1 Å². The lowest BCUT2D eigenvalue weighted by Crippen LogP contribution is -2.61. The van der Waals surface area contributed by atoms with Crippen molar-refractivity contribution in [2.45, 2.75) is 37.4 Å². The summed E-state index contributed by atoms with van der Waals surface area (Å²) in [5, 5.41) is 0. The molecule has 0 saturated carbocycles. The maximum atomic E-state index is 13.2. The van der Waals surface area contributed by atoms with Crippen LogP contribution < -0.4 is 11.2 Å². The molecule has 6 rings (SSSR count). The third-order valence-electron chi connectivity index (χ3n) is 6.74. The molecule has 4 aliphatic heterocycles. The van der Waals surface area contributed by atoms with Gasteiger partial charge in [0.25, 0.3) is 5.56 Å². The van der Waals surface area contributed by atoms with E-state index in [1.54, 1.807) is 0 Å². The number of aromatic nitrogens is 2. The monoisotopic (exact) mass is 380 g/mol. The summed E-state index contributed by atoms with van der Waals surface area (Å²) in [6.45, 7) is 2.86. The number of nitrogens with one attached hydrogen (secondary N) is 1. The Morgan fingerprint density at radius 3 is 2.50 bits per heavy atom. The van der Waals surface area contributed by atoms with Gasteiger partial charge in [0.05, 0.1) is 6.04 Å². The molecule has 2 aromatic rings. The van der Waals surface area contributed by atoms with Crippen LogP contribution in [-0.4, -0.2) is 57.0 Å². The maximum Gasteiger partial charge on any atom is 0.328 e. The van der Waals surface area contributed by atoms with E-state index in [-0.39, 0.29) is 18.5 Å². The van der Waals surface area contributed by atoms with Crippen LogP contribution in [0.5, 0.6) is 0 Å². The summed E-state index contributed by atoms with van der Waals surface area (Å²) in [5.41, 5.74) is 0.295. The van der Waals surface area contributed by atoms with Crippen LogP contribution in [-0.2, 0) is 11.3 Å². The van der Waals surface area contributed by atoms with Crippen molar-refractivity contribution in [1.29, 1.82) is 0 Å². The van der Waals surface area contributed by atoms with Gasteiger partial charge in [-0.3, -0.25) is 24.0 Å². The van der Waals surface area contributed by atoms with Gasteiger partial charge in [0.1, 0.15) is 6.54 Å². The average Bonchev–Trinajstić information content (AvgIpc) is 3.15. The van der Waals surface area contributed by atoms with E-state index in [1.165, 1.54) is 22.4 Å². The van der Waals surface area contributed by atoms with Crippen LogP contribution in [0.4, 0.5) is 0 Å². The summed E-state index contributed by atoms with van der Waals surface area (Å²) in [5.74, 6) is 0.779.